The minimum absolute atomic E-state index is 0.203. The van der Waals surface area contributed by atoms with E-state index in [0.29, 0.717) is 34.1 Å². The maximum atomic E-state index is 9.48. The molecule has 0 amide bonds. The largest absolute Gasteiger partial charge is 0.508 e. The molecule has 0 spiro atoms. The van der Waals surface area contributed by atoms with Crippen LogP contribution >= 0.6 is 0 Å². The summed E-state index contributed by atoms with van der Waals surface area (Å²) in [6.45, 7) is 3.73. The second-order valence-corrected chi connectivity index (χ2v) is 7.57. The first-order chi connectivity index (χ1) is 16.5. The average Bonchev–Trinajstić information content (AvgIpc) is 2.83. The first-order valence-corrected chi connectivity index (χ1v) is 10.5. The molecular weight excluding hydrogens is 428 g/mol. The predicted molar refractivity (Wildman–Crippen MR) is 131 cm³/mol. The summed E-state index contributed by atoms with van der Waals surface area (Å²) in [7, 11) is 0. The van der Waals surface area contributed by atoms with Gasteiger partial charge in [0.25, 0.3) is 0 Å². The number of phenolic OH excluding ortho intramolecular Hbond substituents is 2. The Balaban J connectivity index is 1.37. The second kappa shape index (κ2) is 10.3. The van der Waals surface area contributed by atoms with Crippen molar-refractivity contribution >= 4 is 34.1 Å². The summed E-state index contributed by atoms with van der Waals surface area (Å²) < 4.78 is 0. The molecule has 0 aliphatic carbocycles. The molecule has 4 aromatic rings. The Morgan fingerprint density at radius 2 is 0.706 bits per heavy atom. The standard InChI is InChI=1S/C26H22N6O2/c1-17-15-23(33)11-13-25(17)31-29-21-7-3-19(4-8-21)27-28-20-5-9-22(10-6-20)30-32-26-14-12-24(34)16-18(26)2/h3-16,33-34H,1-2H3/b28-27+,31-29?,32-30?. The molecule has 2 N–H and O–H groups in total. The topological polar surface area (TPSA) is 115 Å². The van der Waals surface area contributed by atoms with Crippen LogP contribution in [0.4, 0.5) is 34.1 Å². The van der Waals surface area contributed by atoms with Gasteiger partial charge in [-0.3, -0.25) is 0 Å². The van der Waals surface area contributed by atoms with Crippen molar-refractivity contribution in [2.75, 3.05) is 0 Å². The molecule has 8 heteroatoms. The molecule has 34 heavy (non-hydrogen) atoms. The van der Waals surface area contributed by atoms with Crippen LogP contribution in [0.15, 0.2) is 116 Å². The van der Waals surface area contributed by atoms with Gasteiger partial charge in [0.2, 0.25) is 0 Å². The van der Waals surface area contributed by atoms with E-state index in [0.717, 1.165) is 11.1 Å². The molecule has 0 fully saturated rings. The van der Waals surface area contributed by atoms with Crippen LogP contribution in [0.3, 0.4) is 0 Å². The van der Waals surface area contributed by atoms with Crippen molar-refractivity contribution < 1.29 is 10.2 Å². The monoisotopic (exact) mass is 450 g/mol. The fourth-order valence-corrected chi connectivity index (χ4v) is 3.01. The third kappa shape index (κ3) is 5.95. The van der Waals surface area contributed by atoms with E-state index in [2.05, 4.69) is 30.7 Å². The van der Waals surface area contributed by atoms with Gasteiger partial charge in [-0.25, -0.2) is 0 Å². The summed E-state index contributed by atoms with van der Waals surface area (Å²) in [5.74, 6) is 0.406. The minimum atomic E-state index is 0.203. The first kappa shape index (κ1) is 22.5. The zero-order chi connectivity index (χ0) is 23.9. The fraction of sp³-hybridized carbons (Fsp3) is 0.0769. The first-order valence-electron chi connectivity index (χ1n) is 10.5. The van der Waals surface area contributed by atoms with E-state index in [1.54, 1.807) is 36.4 Å². The molecule has 4 aromatic carbocycles. The van der Waals surface area contributed by atoms with Crippen molar-refractivity contribution in [1.29, 1.82) is 0 Å². The number of nitrogens with zero attached hydrogens (tertiary/aromatic N) is 6. The van der Waals surface area contributed by atoms with E-state index in [1.165, 1.54) is 0 Å². The van der Waals surface area contributed by atoms with Crippen molar-refractivity contribution in [3.05, 3.63) is 96.1 Å². The molecule has 0 saturated heterocycles. The maximum Gasteiger partial charge on any atom is 0.115 e. The van der Waals surface area contributed by atoms with Gasteiger partial charge in [0, 0.05) is 0 Å². The van der Waals surface area contributed by atoms with Gasteiger partial charge >= 0.3 is 0 Å². The van der Waals surface area contributed by atoms with Gasteiger partial charge in [0.15, 0.2) is 0 Å². The Hall–Kier alpha value is -4.72. The number of aromatic hydroxyl groups is 2. The molecule has 8 nitrogen and oxygen atoms in total. The summed E-state index contributed by atoms with van der Waals surface area (Å²) in [6, 6.07) is 24.4. The lowest BCUT2D eigenvalue weighted by Crippen LogP contribution is -1.73. The van der Waals surface area contributed by atoms with Crippen LogP contribution in [0.25, 0.3) is 0 Å². The minimum Gasteiger partial charge on any atom is -0.508 e. The highest BCUT2D eigenvalue weighted by molar-refractivity contribution is 5.52. The molecule has 0 unspecified atom stereocenters. The van der Waals surface area contributed by atoms with Gasteiger partial charge in [-0.15, -0.1) is 0 Å². The lowest BCUT2D eigenvalue weighted by atomic mass is 10.2. The van der Waals surface area contributed by atoms with Crippen molar-refractivity contribution in [2.24, 2.45) is 30.7 Å². The zero-order valence-corrected chi connectivity index (χ0v) is 18.7. The van der Waals surface area contributed by atoms with Gasteiger partial charge in [0.1, 0.15) is 11.5 Å². The van der Waals surface area contributed by atoms with Crippen molar-refractivity contribution in [1.82, 2.24) is 0 Å². The van der Waals surface area contributed by atoms with Crippen LogP contribution in [0.2, 0.25) is 0 Å². The molecule has 0 atom stereocenters. The Morgan fingerprint density at radius 1 is 0.412 bits per heavy atom. The number of azo groups is 3. The van der Waals surface area contributed by atoms with Gasteiger partial charge in [-0.1, -0.05) is 0 Å². The van der Waals surface area contributed by atoms with E-state index in [-0.39, 0.29) is 11.5 Å². The summed E-state index contributed by atoms with van der Waals surface area (Å²) in [5, 5.41) is 44.3. The molecule has 0 aliphatic rings. The molecule has 0 saturated carbocycles. The maximum absolute atomic E-state index is 9.48. The van der Waals surface area contributed by atoms with Gasteiger partial charge in [-0.2, -0.15) is 30.7 Å². The third-order valence-electron chi connectivity index (χ3n) is 4.89. The Labute approximate surface area is 196 Å². The van der Waals surface area contributed by atoms with E-state index in [4.69, 9.17) is 0 Å². The van der Waals surface area contributed by atoms with Gasteiger partial charge in [0.05, 0.1) is 34.1 Å². The van der Waals surface area contributed by atoms with E-state index < -0.39 is 0 Å². The van der Waals surface area contributed by atoms with Crippen LogP contribution in [0.1, 0.15) is 11.1 Å². The lowest BCUT2D eigenvalue weighted by molar-refractivity contribution is 0.474. The van der Waals surface area contributed by atoms with Crippen molar-refractivity contribution in [3.8, 4) is 11.5 Å². The normalized spacial score (nSPS) is 11.7. The zero-order valence-electron chi connectivity index (χ0n) is 18.7. The SMILES string of the molecule is Cc1cc(O)ccc1N=Nc1ccc(/N=N/c2ccc(N=Nc3ccc(O)cc3C)cc2)cc1. The van der Waals surface area contributed by atoms with E-state index >= 15 is 0 Å². The van der Waals surface area contributed by atoms with E-state index in [1.807, 2.05) is 62.4 Å². The smallest absolute Gasteiger partial charge is 0.115 e. The Morgan fingerprint density at radius 3 is 1.00 bits per heavy atom. The highest BCUT2D eigenvalue weighted by Gasteiger charge is 2.00. The summed E-state index contributed by atoms with van der Waals surface area (Å²) in [6.07, 6.45) is 0. The van der Waals surface area contributed by atoms with Crippen molar-refractivity contribution in [2.45, 2.75) is 13.8 Å². The number of aryl methyl sites for hydroxylation is 2. The Bertz CT molecular complexity index is 1270. The quantitative estimate of drug-likeness (QED) is 0.285. The van der Waals surface area contributed by atoms with Crippen LogP contribution in [0, 0.1) is 13.8 Å². The molecule has 4 rings (SSSR count). The highest BCUT2D eigenvalue weighted by Crippen LogP contribution is 2.28. The predicted octanol–water partition coefficient (Wildman–Crippen LogP) is 8.96. The second-order valence-electron chi connectivity index (χ2n) is 7.57. The molecule has 0 radical (unpaired) electrons. The third-order valence-corrected chi connectivity index (χ3v) is 4.89. The van der Waals surface area contributed by atoms with Crippen molar-refractivity contribution in [3.63, 3.8) is 0 Å². The molecule has 0 bridgehead atoms. The van der Waals surface area contributed by atoms with Crippen LogP contribution in [0.5, 0.6) is 11.5 Å². The molecule has 0 heterocycles. The molecule has 0 aromatic heterocycles. The lowest BCUT2D eigenvalue weighted by Gasteiger charge is -2.00. The van der Waals surface area contributed by atoms with Crippen LogP contribution in [-0.4, -0.2) is 10.2 Å². The van der Waals surface area contributed by atoms with Crippen LogP contribution < -0.4 is 0 Å². The van der Waals surface area contributed by atoms with Gasteiger partial charge in [-0.05, 0) is 110 Å². The molecule has 168 valence electrons. The molecule has 0 aliphatic heterocycles. The molecular formula is C26H22N6O2. The summed E-state index contributed by atoms with van der Waals surface area (Å²) >= 11 is 0. The fourth-order valence-electron chi connectivity index (χ4n) is 3.01. The van der Waals surface area contributed by atoms with Gasteiger partial charge < -0.3 is 10.2 Å². The summed E-state index contributed by atoms with van der Waals surface area (Å²) in [4.78, 5) is 0. The van der Waals surface area contributed by atoms with E-state index in [9.17, 15) is 10.2 Å². The number of hydrogen-bond donors (Lipinski definition) is 2. The number of rotatable bonds is 6. The summed E-state index contributed by atoms with van der Waals surface area (Å²) in [5.41, 5.74) is 5.83. The van der Waals surface area contributed by atoms with Crippen LogP contribution in [-0.2, 0) is 0 Å². The highest BCUT2D eigenvalue weighted by atomic mass is 16.3. The average molecular weight is 451 g/mol. The number of phenols is 2. The Kier molecular flexibility index (Phi) is 6.78. The number of benzene rings is 4. The number of hydrogen-bond acceptors (Lipinski definition) is 8.